The first-order valence-electron chi connectivity index (χ1n) is 6.58. The molecule has 0 saturated carbocycles. The molecule has 1 aliphatic heterocycles. The minimum absolute atomic E-state index is 0.263. The summed E-state index contributed by atoms with van der Waals surface area (Å²) in [7, 11) is 0. The van der Waals surface area contributed by atoms with Crippen LogP contribution in [-0.4, -0.2) is 35.1 Å². The van der Waals surface area contributed by atoms with Crippen LogP contribution in [0.1, 0.15) is 32.3 Å². The van der Waals surface area contributed by atoms with Crippen molar-refractivity contribution in [2.45, 2.75) is 38.8 Å². The molecule has 0 aliphatic carbocycles. The van der Waals surface area contributed by atoms with Gasteiger partial charge in [-0.2, -0.15) is 0 Å². The molecule has 1 aliphatic rings. The third-order valence-corrected chi connectivity index (χ3v) is 3.68. The highest BCUT2D eigenvalue weighted by Crippen LogP contribution is 2.16. The summed E-state index contributed by atoms with van der Waals surface area (Å²) in [5.74, 6) is 0. The molecule has 1 fully saturated rings. The third-order valence-electron chi connectivity index (χ3n) is 3.68. The van der Waals surface area contributed by atoms with Crippen LogP contribution in [0, 0.1) is 0 Å². The molecule has 1 N–H and O–H groups in total. The Kier molecular flexibility index (Phi) is 4.13. The van der Waals surface area contributed by atoms with E-state index in [2.05, 4.69) is 35.1 Å². The lowest BCUT2D eigenvalue weighted by Crippen LogP contribution is -2.48. The van der Waals surface area contributed by atoms with Crippen molar-refractivity contribution in [1.82, 2.24) is 15.2 Å². The van der Waals surface area contributed by atoms with Crippen molar-refractivity contribution in [3.05, 3.63) is 30.1 Å². The molecule has 2 heterocycles. The molecule has 1 atom stereocenters. The standard InChI is InChI=1S/C14H23N3/c1-3-14(2)12-17(9-5-8-16-14)11-13-6-4-7-15-10-13/h4,6-7,10,16H,3,5,8-9,11-12H2,1-2H3. The van der Waals surface area contributed by atoms with E-state index in [0.29, 0.717) is 0 Å². The summed E-state index contributed by atoms with van der Waals surface area (Å²) < 4.78 is 0. The van der Waals surface area contributed by atoms with E-state index in [9.17, 15) is 0 Å². The van der Waals surface area contributed by atoms with Gasteiger partial charge in [0.1, 0.15) is 0 Å². The lowest BCUT2D eigenvalue weighted by Gasteiger charge is -2.32. The van der Waals surface area contributed by atoms with Crippen molar-refractivity contribution in [3.63, 3.8) is 0 Å². The number of hydrogen-bond acceptors (Lipinski definition) is 3. The summed E-state index contributed by atoms with van der Waals surface area (Å²) in [6.45, 7) is 9.05. The van der Waals surface area contributed by atoms with Gasteiger partial charge in [0, 0.05) is 31.0 Å². The van der Waals surface area contributed by atoms with E-state index in [1.165, 1.54) is 24.9 Å². The van der Waals surface area contributed by atoms with Gasteiger partial charge in [0.05, 0.1) is 0 Å². The zero-order chi connectivity index (χ0) is 12.1. The fraction of sp³-hybridized carbons (Fsp3) is 0.643. The number of aromatic nitrogens is 1. The zero-order valence-corrected chi connectivity index (χ0v) is 10.9. The van der Waals surface area contributed by atoms with Crippen molar-refractivity contribution < 1.29 is 0 Å². The maximum Gasteiger partial charge on any atom is 0.0312 e. The number of pyridine rings is 1. The summed E-state index contributed by atoms with van der Waals surface area (Å²) in [4.78, 5) is 6.73. The lowest BCUT2D eigenvalue weighted by atomic mass is 9.98. The first-order chi connectivity index (χ1) is 8.22. The molecule has 17 heavy (non-hydrogen) atoms. The molecule has 2 rings (SSSR count). The highest BCUT2D eigenvalue weighted by molar-refractivity contribution is 5.08. The Labute approximate surface area is 104 Å². The second kappa shape index (κ2) is 5.61. The molecule has 1 saturated heterocycles. The molecule has 3 heteroatoms. The average Bonchev–Trinajstić information content (AvgIpc) is 2.53. The Balaban J connectivity index is 2.00. The van der Waals surface area contributed by atoms with Crippen molar-refractivity contribution in [3.8, 4) is 0 Å². The highest BCUT2D eigenvalue weighted by atomic mass is 15.2. The van der Waals surface area contributed by atoms with Gasteiger partial charge >= 0.3 is 0 Å². The van der Waals surface area contributed by atoms with Gasteiger partial charge in [-0.1, -0.05) is 13.0 Å². The third kappa shape index (κ3) is 3.51. The lowest BCUT2D eigenvalue weighted by molar-refractivity contribution is 0.208. The quantitative estimate of drug-likeness (QED) is 0.866. The van der Waals surface area contributed by atoms with Gasteiger partial charge in [-0.25, -0.2) is 0 Å². The SMILES string of the molecule is CCC1(C)CN(Cc2cccnc2)CCCN1. The Bertz CT molecular complexity index is 339. The zero-order valence-electron chi connectivity index (χ0n) is 10.9. The Hall–Kier alpha value is -0.930. The van der Waals surface area contributed by atoms with Gasteiger partial charge in [0.15, 0.2) is 0 Å². The number of rotatable bonds is 3. The Morgan fingerprint density at radius 3 is 3.12 bits per heavy atom. The minimum Gasteiger partial charge on any atom is -0.310 e. The Morgan fingerprint density at radius 1 is 1.53 bits per heavy atom. The summed E-state index contributed by atoms with van der Waals surface area (Å²) in [6, 6.07) is 4.18. The van der Waals surface area contributed by atoms with Gasteiger partial charge in [0.2, 0.25) is 0 Å². The molecular weight excluding hydrogens is 210 g/mol. The van der Waals surface area contributed by atoms with Gasteiger partial charge < -0.3 is 5.32 Å². The molecule has 94 valence electrons. The van der Waals surface area contributed by atoms with Crippen LogP contribution in [0.5, 0.6) is 0 Å². The van der Waals surface area contributed by atoms with Gasteiger partial charge in [-0.15, -0.1) is 0 Å². The van der Waals surface area contributed by atoms with Gasteiger partial charge in [-0.05, 0) is 44.5 Å². The van der Waals surface area contributed by atoms with E-state index in [0.717, 1.165) is 19.6 Å². The summed E-state index contributed by atoms with van der Waals surface area (Å²) >= 11 is 0. The van der Waals surface area contributed by atoms with E-state index in [1.54, 1.807) is 0 Å². The van der Waals surface area contributed by atoms with E-state index >= 15 is 0 Å². The second-order valence-electron chi connectivity index (χ2n) is 5.27. The van der Waals surface area contributed by atoms with Crippen LogP contribution in [0.25, 0.3) is 0 Å². The highest BCUT2D eigenvalue weighted by Gasteiger charge is 2.26. The molecule has 1 aromatic heterocycles. The van der Waals surface area contributed by atoms with Crippen LogP contribution < -0.4 is 5.32 Å². The smallest absolute Gasteiger partial charge is 0.0312 e. The Morgan fingerprint density at radius 2 is 2.41 bits per heavy atom. The topological polar surface area (TPSA) is 28.2 Å². The van der Waals surface area contributed by atoms with Crippen molar-refractivity contribution in [1.29, 1.82) is 0 Å². The van der Waals surface area contributed by atoms with Crippen LogP contribution >= 0.6 is 0 Å². The fourth-order valence-electron chi connectivity index (χ4n) is 2.44. The molecule has 0 spiro atoms. The molecule has 1 aromatic rings. The number of nitrogens with zero attached hydrogens (tertiary/aromatic N) is 2. The van der Waals surface area contributed by atoms with Crippen molar-refractivity contribution in [2.75, 3.05) is 19.6 Å². The van der Waals surface area contributed by atoms with E-state index in [-0.39, 0.29) is 5.54 Å². The largest absolute Gasteiger partial charge is 0.310 e. The second-order valence-corrected chi connectivity index (χ2v) is 5.27. The predicted octanol–water partition coefficient (Wildman–Crippen LogP) is 2.05. The average molecular weight is 233 g/mol. The number of nitrogens with one attached hydrogen (secondary N) is 1. The molecule has 0 radical (unpaired) electrons. The van der Waals surface area contributed by atoms with E-state index < -0.39 is 0 Å². The fourth-order valence-corrected chi connectivity index (χ4v) is 2.44. The van der Waals surface area contributed by atoms with E-state index in [1.807, 2.05) is 18.5 Å². The van der Waals surface area contributed by atoms with Gasteiger partial charge in [0.25, 0.3) is 0 Å². The van der Waals surface area contributed by atoms with Crippen molar-refractivity contribution >= 4 is 0 Å². The molecular formula is C14H23N3. The molecule has 1 unspecified atom stereocenters. The summed E-state index contributed by atoms with van der Waals surface area (Å²) in [5.41, 5.74) is 1.58. The maximum atomic E-state index is 4.19. The van der Waals surface area contributed by atoms with Crippen LogP contribution in [0.3, 0.4) is 0 Å². The van der Waals surface area contributed by atoms with Crippen LogP contribution in [0.2, 0.25) is 0 Å². The normalized spacial score (nSPS) is 26.7. The molecule has 0 bridgehead atoms. The van der Waals surface area contributed by atoms with Crippen LogP contribution in [0.4, 0.5) is 0 Å². The summed E-state index contributed by atoms with van der Waals surface area (Å²) in [5, 5.41) is 3.67. The summed E-state index contributed by atoms with van der Waals surface area (Å²) in [6.07, 6.45) is 6.22. The molecule has 0 amide bonds. The first-order valence-corrected chi connectivity index (χ1v) is 6.58. The number of hydrogen-bond donors (Lipinski definition) is 1. The van der Waals surface area contributed by atoms with Gasteiger partial charge in [-0.3, -0.25) is 9.88 Å². The van der Waals surface area contributed by atoms with Crippen molar-refractivity contribution in [2.24, 2.45) is 0 Å². The maximum absolute atomic E-state index is 4.19. The van der Waals surface area contributed by atoms with Crippen LogP contribution in [-0.2, 0) is 6.54 Å². The predicted molar refractivity (Wildman–Crippen MR) is 70.8 cm³/mol. The first kappa shape index (κ1) is 12.5. The molecule has 0 aromatic carbocycles. The van der Waals surface area contributed by atoms with E-state index in [4.69, 9.17) is 0 Å². The monoisotopic (exact) mass is 233 g/mol. The molecule has 3 nitrogen and oxygen atoms in total. The van der Waals surface area contributed by atoms with Crippen LogP contribution in [0.15, 0.2) is 24.5 Å². The minimum atomic E-state index is 0.263.